The summed E-state index contributed by atoms with van der Waals surface area (Å²) in [5.41, 5.74) is 1.54. The lowest BCUT2D eigenvalue weighted by Crippen LogP contribution is -2.07. The Hall–Kier alpha value is -3.10. The maximum absolute atomic E-state index is 13.4. The second kappa shape index (κ2) is 8.95. The minimum absolute atomic E-state index is 0.0766. The van der Waals surface area contributed by atoms with E-state index in [-0.39, 0.29) is 21.7 Å². The molecule has 0 radical (unpaired) electrons. The number of methoxy groups -OCH3 is 1. The summed E-state index contributed by atoms with van der Waals surface area (Å²) in [6, 6.07) is 23.2. The molecule has 8 heteroatoms. The summed E-state index contributed by atoms with van der Waals surface area (Å²) in [5, 5.41) is 2.91. The van der Waals surface area contributed by atoms with Crippen LogP contribution in [0.5, 0.6) is 5.75 Å². The van der Waals surface area contributed by atoms with Gasteiger partial charge in [-0.25, -0.2) is 8.42 Å². The van der Waals surface area contributed by atoms with Gasteiger partial charge in [0.05, 0.1) is 17.6 Å². The van der Waals surface area contributed by atoms with Crippen LogP contribution in [0.4, 0.5) is 5.88 Å². The van der Waals surface area contributed by atoms with Gasteiger partial charge in [-0.15, -0.1) is 0 Å². The monoisotopic (exact) mass is 498 g/mol. The van der Waals surface area contributed by atoms with Crippen molar-refractivity contribution in [3.8, 4) is 17.2 Å². The molecule has 1 heterocycles. The molecular weight excluding hydrogens is 480 g/mol. The summed E-state index contributed by atoms with van der Waals surface area (Å²) in [7, 11) is -2.39. The van der Waals surface area contributed by atoms with Gasteiger partial charge in [0.2, 0.25) is 26.6 Å². The molecule has 31 heavy (non-hydrogen) atoms. The van der Waals surface area contributed by atoms with Gasteiger partial charge in [0.15, 0.2) is 0 Å². The number of para-hydroxylation sites is 1. The van der Waals surface area contributed by atoms with Crippen LogP contribution in [0.2, 0.25) is 0 Å². The van der Waals surface area contributed by atoms with Crippen molar-refractivity contribution < 1.29 is 17.6 Å². The summed E-state index contributed by atoms with van der Waals surface area (Å²) >= 11 is 3.33. The van der Waals surface area contributed by atoms with E-state index < -0.39 is 9.84 Å². The number of hydrogen-bond donors (Lipinski definition) is 1. The fourth-order valence-corrected chi connectivity index (χ4v) is 4.58. The fraction of sp³-hybridized carbons (Fsp3) is 0.0870. The smallest absolute Gasteiger partial charge is 0.234 e. The number of sulfone groups is 1. The Bertz CT molecular complexity index is 1290. The Balaban J connectivity index is 1.80. The van der Waals surface area contributed by atoms with Gasteiger partial charge in [-0.1, -0.05) is 58.4 Å². The number of aromatic nitrogens is 1. The number of oxazole rings is 1. The van der Waals surface area contributed by atoms with Gasteiger partial charge in [0, 0.05) is 11.0 Å². The first-order chi connectivity index (χ1) is 15.0. The van der Waals surface area contributed by atoms with E-state index in [2.05, 4.69) is 26.2 Å². The zero-order valence-corrected chi connectivity index (χ0v) is 19.0. The van der Waals surface area contributed by atoms with Crippen LogP contribution in [0.25, 0.3) is 11.5 Å². The van der Waals surface area contributed by atoms with Crippen molar-refractivity contribution in [1.29, 1.82) is 0 Å². The van der Waals surface area contributed by atoms with Crippen molar-refractivity contribution in [3.05, 3.63) is 88.9 Å². The zero-order valence-electron chi connectivity index (χ0n) is 16.6. The normalized spacial score (nSPS) is 11.3. The molecule has 0 aliphatic carbocycles. The molecule has 0 spiro atoms. The third kappa shape index (κ3) is 4.50. The predicted molar refractivity (Wildman–Crippen MR) is 122 cm³/mol. The Labute approximate surface area is 189 Å². The number of halogens is 1. The van der Waals surface area contributed by atoms with Gasteiger partial charge >= 0.3 is 0 Å². The van der Waals surface area contributed by atoms with Crippen molar-refractivity contribution >= 4 is 31.7 Å². The van der Waals surface area contributed by atoms with Crippen LogP contribution in [0, 0.1) is 0 Å². The number of rotatable bonds is 7. The number of nitrogens with one attached hydrogen (secondary N) is 1. The molecule has 0 fully saturated rings. The highest BCUT2D eigenvalue weighted by atomic mass is 79.9. The highest BCUT2D eigenvalue weighted by Crippen LogP contribution is 2.36. The highest BCUT2D eigenvalue weighted by Gasteiger charge is 2.29. The summed E-state index contributed by atoms with van der Waals surface area (Å²) in [6.45, 7) is 0.379. The molecule has 0 bridgehead atoms. The van der Waals surface area contributed by atoms with Crippen LogP contribution >= 0.6 is 15.9 Å². The topological polar surface area (TPSA) is 81.4 Å². The summed E-state index contributed by atoms with van der Waals surface area (Å²) in [5.74, 6) is 0.766. The quantitative estimate of drug-likeness (QED) is 0.359. The first-order valence-electron chi connectivity index (χ1n) is 9.41. The molecule has 6 nitrogen and oxygen atoms in total. The molecule has 0 amide bonds. The van der Waals surface area contributed by atoms with Crippen LogP contribution in [-0.4, -0.2) is 20.5 Å². The van der Waals surface area contributed by atoms with E-state index in [1.807, 2.05) is 42.5 Å². The number of hydrogen-bond acceptors (Lipinski definition) is 6. The van der Waals surface area contributed by atoms with E-state index in [9.17, 15) is 8.42 Å². The molecule has 1 aromatic heterocycles. The lowest BCUT2D eigenvalue weighted by Gasteiger charge is -2.06. The molecule has 158 valence electrons. The van der Waals surface area contributed by atoms with Crippen LogP contribution in [-0.2, 0) is 16.4 Å². The molecule has 0 saturated heterocycles. The van der Waals surface area contributed by atoms with Crippen LogP contribution in [0.3, 0.4) is 0 Å². The van der Waals surface area contributed by atoms with Crippen molar-refractivity contribution in [3.63, 3.8) is 0 Å². The highest BCUT2D eigenvalue weighted by molar-refractivity contribution is 9.10. The zero-order chi connectivity index (χ0) is 21.8. The second-order valence-electron chi connectivity index (χ2n) is 6.65. The Kier molecular flexibility index (Phi) is 6.11. The maximum atomic E-state index is 13.4. The van der Waals surface area contributed by atoms with E-state index in [0.717, 1.165) is 10.0 Å². The summed E-state index contributed by atoms with van der Waals surface area (Å²) in [4.78, 5) is 4.49. The molecule has 0 aliphatic rings. The molecule has 0 saturated carbocycles. The molecule has 3 aromatic carbocycles. The minimum atomic E-state index is -3.93. The maximum Gasteiger partial charge on any atom is 0.234 e. The second-order valence-corrected chi connectivity index (χ2v) is 9.43. The first kappa shape index (κ1) is 21.1. The SMILES string of the molecule is COc1ccccc1-c1nc(S(=O)(=O)c2ccc(Br)cc2)c(NCc2ccccc2)o1. The van der Waals surface area contributed by atoms with E-state index in [1.165, 1.54) is 19.2 Å². The van der Waals surface area contributed by atoms with E-state index in [0.29, 0.717) is 17.9 Å². The number of anilines is 1. The number of ether oxygens (including phenoxy) is 1. The number of benzene rings is 3. The average Bonchev–Trinajstić information content (AvgIpc) is 3.24. The predicted octanol–water partition coefficient (Wildman–Crippen LogP) is 5.56. The molecule has 0 atom stereocenters. The van der Waals surface area contributed by atoms with E-state index in [4.69, 9.17) is 9.15 Å². The molecule has 0 aliphatic heterocycles. The van der Waals surface area contributed by atoms with Crippen molar-refractivity contribution in [2.45, 2.75) is 16.5 Å². The van der Waals surface area contributed by atoms with Crippen LogP contribution in [0.1, 0.15) is 5.56 Å². The first-order valence-corrected chi connectivity index (χ1v) is 11.7. The van der Waals surface area contributed by atoms with Gasteiger partial charge in [0.25, 0.3) is 0 Å². The lowest BCUT2D eigenvalue weighted by atomic mass is 10.2. The third-order valence-electron chi connectivity index (χ3n) is 4.61. The van der Waals surface area contributed by atoms with Gasteiger partial charge in [-0.2, -0.15) is 4.98 Å². The van der Waals surface area contributed by atoms with Crippen LogP contribution < -0.4 is 10.1 Å². The molecule has 0 unspecified atom stereocenters. The van der Waals surface area contributed by atoms with Gasteiger partial charge in [0.1, 0.15) is 5.75 Å². The van der Waals surface area contributed by atoms with E-state index >= 15 is 0 Å². The van der Waals surface area contributed by atoms with Crippen LogP contribution in [0.15, 0.2) is 97.7 Å². The summed E-state index contributed by atoms with van der Waals surface area (Å²) in [6.07, 6.45) is 0. The van der Waals surface area contributed by atoms with Crippen molar-refractivity contribution in [2.24, 2.45) is 0 Å². The standard InChI is InChI=1S/C23H19BrN2O4S/c1-29-20-10-6-5-9-19(20)21-26-23(31(27,28)18-13-11-17(24)12-14-18)22(30-21)25-15-16-7-3-2-4-8-16/h2-14,25H,15H2,1H3. The Morgan fingerprint density at radius 1 is 0.968 bits per heavy atom. The van der Waals surface area contributed by atoms with Crippen molar-refractivity contribution in [1.82, 2.24) is 4.98 Å². The van der Waals surface area contributed by atoms with Crippen molar-refractivity contribution in [2.75, 3.05) is 12.4 Å². The molecular formula is C23H19BrN2O4S. The molecule has 4 aromatic rings. The third-order valence-corrected chi connectivity index (χ3v) is 6.82. The largest absolute Gasteiger partial charge is 0.496 e. The Morgan fingerprint density at radius 3 is 2.35 bits per heavy atom. The summed E-state index contributed by atoms with van der Waals surface area (Å²) < 4.78 is 38.8. The fourth-order valence-electron chi connectivity index (χ4n) is 3.04. The van der Waals surface area contributed by atoms with Gasteiger partial charge < -0.3 is 14.5 Å². The van der Waals surface area contributed by atoms with Gasteiger partial charge in [-0.3, -0.25) is 0 Å². The Morgan fingerprint density at radius 2 is 1.65 bits per heavy atom. The molecule has 4 rings (SSSR count). The lowest BCUT2D eigenvalue weighted by molar-refractivity contribution is 0.414. The molecule has 1 N–H and O–H groups in total. The average molecular weight is 499 g/mol. The minimum Gasteiger partial charge on any atom is -0.496 e. The van der Waals surface area contributed by atoms with Gasteiger partial charge in [-0.05, 0) is 42.0 Å². The number of nitrogens with zero attached hydrogens (tertiary/aromatic N) is 1. The van der Waals surface area contributed by atoms with E-state index in [1.54, 1.807) is 24.3 Å².